The van der Waals surface area contributed by atoms with Gasteiger partial charge in [-0.25, -0.2) is 0 Å². The predicted molar refractivity (Wildman–Crippen MR) is 118 cm³/mol. The topological polar surface area (TPSA) is 151 Å². The molecular weight excluding hydrogens is 569 g/mol. The van der Waals surface area contributed by atoms with Crippen LogP contribution in [0.15, 0.2) is 0 Å². The highest BCUT2D eigenvalue weighted by molar-refractivity contribution is 7.02. The van der Waals surface area contributed by atoms with Gasteiger partial charge < -0.3 is 59.6 Å². The summed E-state index contributed by atoms with van der Waals surface area (Å²) in [4.78, 5) is 0. The van der Waals surface area contributed by atoms with Crippen molar-refractivity contribution in [3.8, 4) is 0 Å². The lowest BCUT2D eigenvalue weighted by molar-refractivity contribution is -0.0226. The minimum absolute atomic E-state index is 0.173. The third-order valence-electron chi connectivity index (χ3n) is 5.06. The highest BCUT2D eigenvalue weighted by Crippen LogP contribution is 2.48. The number of aliphatic hydroxyl groups excluding tert-OH is 2. The minimum atomic E-state index is -3.94. The lowest BCUT2D eigenvalue weighted by Gasteiger charge is -2.60. The van der Waals surface area contributed by atoms with Crippen molar-refractivity contribution < 1.29 is 59.6 Å². The van der Waals surface area contributed by atoms with E-state index in [1.165, 1.54) is 0 Å². The van der Waals surface area contributed by atoms with Crippen LogP contribution in [0.5, 0.6) is 0 Å². The summed E-state index contributed by atoms with van der Waals surface area (Å²) in [5, 5.41) is 19.9. The molecule has 8 bridgehead atoms. The molecule has 0 saturated carbocycles. The molecule has 0 aromatic rings. The molecule has 6 heterocycles. The smallest absolute Gasteiger partial charge is 0.394 e. The van der Waals surface area contributed by atoms with Gasteiger partial charge in [0.1, 0.15) is 0 Å². The minimum Gasteiger partial charge on any atom is -0.394 e. The Morgan fingerprint density at radius 2 is 0.688 bits per heavy atom. The van der Waals surface area contributed by atoms with Crippen LogP contribution in [0.3, 0.4) is 0 Å². The third-order valence-corrected chi connectivity index (χ3v) is 40.9. The van der Waals surface area contributed by atoms with Crippen molar-refractivity contribution in [2.24, 2.45) is 0 Å². The summed E-state index contributed by atoms with van der Waals surface area (Å²) in [5.74, 6) is 0. The van der Waals surface area contributed by atoms with Crippen LogP contribution in [0.25, 0.3) is 0 Å². The third kappa shape index (κ3) is 4.42. The molecule has 0 aromatic heterocycles. The van der Waals surface area contributed by atoms with E-state index in [0.29, 0.717) is 0 Å². The van der Waals surface area contributed by atoms with Gasteiger partial charge in [-0.3, -0.25) is 0 Å². The Kier molecular flexibility index (Phi) is 5.55. The summed E-state index contributed by atoms with van der Waals surface area (Å²) in [6.07, 6.45) is -1.20. The summed E-state index contributed by atoms with van der Waals surface area (Å²) < 4.78 is 77.3. The van der Waals surface area contributed by atoms with E-state index in [0.717, 1.165) is 0 Å². The maximum Gasteiger partial charge on any atom is 0.481 e. The van der Waals surface area contributed by atoms with Gasteiger partial charge in [-0.05, 0) is 0 Å². The lowest BCUT2D eigenvalue weighted by Crippen LogP contribution is -2.86. The molecule has 2 N–H and O–H groups in total. The molecule has 6 aliphatic rings. The summed E-state index contributed by atoms with van der Waals surface area (Å²) in [7, 11) is -29.1. The van der Waals surface area contributed by atoms with Crippen molar-refractivity contribution >= 4 is 70.4 Å². The fraction of sp³-hybridized carbons (Fsp3) is 1.00. The molecule has 0 aliphatic carbocycles. The zero-order chi connectivity index (χ0) is 23.5. The van der Waals surface area contributed by atoms with Crippen molar-refractivity contribution in [3.63, 3.8) is 0 Å². The Morgan fingerprint density at radius 3 is 0.906 bits per heavy atom. The Balaban J connectivity index is 1.75. The van der Waals surface area contributed by atoms with Gasteiger partial charge in [-0.2, -0.15) is 0 Å². The zero-order valence-corrected chi connectivity index (χ0v) is 26.8. The average Bonchev–Trinajstić information content (AvgIpc) is 2.43. The fourth-order valence-electron chi connectivity index (χ4n) is 4.86. The van der Waals surface area contributed by atoms with Crippen LogP contribution in [0.1, 0.15) is 0 Å². The number of aliphatic hydroxyl groups is 2. The summed E-state index contributed by atoms with van der Waals surface area (Å²) in [6, 6.07) is -0.173. The van der Waals surface area contributed by atoms with Crippen molar-refractivity contribution in [1.82, 2.24) is 0 Å². The molecule has 6 fully saturated rings. The molecule has 1 atom stereocenters. The Labute approximate surface area is 194 Å². The molecule has 6 rings (SSSR count). The van der Waals surface area contributed by atoms with Crippen LogP contribution < -0.4 is 0 Å². The van der Waals surface area contributed by atoms with Crippen molar-refractivity contribution in [1.29, 1.82) is 0 Å². The average molecular weight is 597 g/mol. The molecule has 14 nitrogen and oxygen atoms in total. The van der Waals surface area contributed by atoms with Crippen LogP contribution in [-0.4, -0.2) is 93.4 Å². The molecule has 0 spiro atoms. The SMILES string of the molecule is C[Si]12O[Si]3(C)O[Si]4(C)O[Si](C)(O1)O[Si]1(C)O[Si](C)(O2)O[Si](C)(O3)O[Si](CC(O)CO)(O4)O1. The highest BCUT2D eigenvalue weighted by atomic mass is 28.6. The molecule has 0 aromatic carbocycles. The monoisotopic (exact) mass is 596 g/mol. The number of hydrogen-bond acceptors (Lipinski definition) is 14. The second-order valence-corrected chi connectivity index (χ2v) is 32.6. The van der Waals surface area contributed by atoms with E-state index in [1.807, 2.05) is 0 Å². The first-order valence-corrected chi connectivity index (χ1v) is 27.6. The molecule has 184 valence electrons. The second-order valence-electron chi connectivity index (χ2n) is 8.98. The number of hydrogen-bond donors (Lipinski definition) is 2. The van der Waals surface area contributed by atoms with Crippen molar-refractivity contribution in [2.75, 3.05) is 6.61 Å². The fourth-order valence-corrected chi connectivity index (χ4v) is 50.6. The van der Waals surface area contributed by atoms with Gasteiger partial charge in [0.05, 0.1) is 12.7 Å². The predicted octanol–water partition coefficient (Wildman–Crippen LogP) is -0.473. The zero-order valence-electron chi connectivity index (χ0n) is 18.8. The Hall–Kier alpha value is 1.18. The summed E-state index contributed by atoms with van der Waals surface area (Å²) in [5.41, 5.74) is 0. The van der Waals surface area contributed by atoms with Gasteiger partial charge in [0.2, 0.25) is 0 Å². The molecule has 0 amide bonds. The summed E-state index contributed by atoms with van der Waals surface area (Å²) >= 11 is 0. The lowest BCUT2D eigenvalue weighted by atomic mass is 10.4. The van der Waals surface area contributed by atoms with E-state index in [2.05, 4.69) is 0 Å². The second kappa shape index (κ2) is 7.14. The molecule has 32 heavy (non-hydrogen) atoms. The van der Waals surface area contributed by atoms with E-state index in [-0.39, 0.29) is 6.04 Å². The standard InChI is InChI=1S/C10H28O14Si8/c1-25-13-26(2)16-29(5)18-27(3,14-25)20-31(7)21-28(4,15-25)19-30(6,17-26)23-32(22-29,24-31)9-10(12)8-11/h10-12H,8-9H2,1-7H3. The highest BCUT2D eigenvalue weighted by Gasteiger charge is 2.79. The first kappa shape index (κ1) is 24.9. The van der Waals surface area contributed by atoms with Gasteiger partial charge in [-0.1, -0.05) is 0 Å². The van der Waals surface area contributed by atoms with Crippen LogP contribution >= 0.6 is 0 Å². The molecule has 1 unspecified atom stereocenters. The summed E-state index contributed by atoms with van der Waals surface area (Å²) in [6.45, 7) is 11.2. The van der Waals surface area contributed by atoms with E-state index >= 15 is 0 Å². The molecular formula is C10H28O14Si8. The van der Waals surface area contributed by atoms with Crippen LogP contribution in [0.2, 0.25) is 51.9 Å². The Bertz CT molecular complexity index is 707. The maximum atomic E-state index is 10.4. The molecule has 6 saturated heterocycles. The molecule has 0 radical (unpaired) electrons. The first-order chi connectivity index (χ1) is 14.4. The van der Waals surface area contributed by atoms with E-state index < -0.39 is 83.1 Å². The maximum absolute atomic E-state index is 10.4. The van der Waals surface area contributed by atoms with Gasteiger partial charge >= 0.3 is 70.4 Å². The van der Waals surface area contributed by atoms with Gasteiger partial charge in [0.25, 0.3) is 0 Å². The van der Waals surface area contributed by atoms with E-state index in [1.54, 1.807) is 45.8 Å². The van der Waals surface area contributed by atoms with Gasteiger partial charge in [0, 0.05) is 51.9 Å². The van der Waals surface area contributed by atoms with Gasteiger partial charge in [0.15, 0.2) is 0 Å². The van der Waals surface area contributed by atoms with Crippen molar-refractivity contribution in [2.45, 2.75) is 58.0 Å². The van der Waals surface area contributed by atoms with Crippen LogP contribution in [0.4, 0.5) is 0 Å². The number of rotatable bonds is 3. The molecule has 22 heteroatoms. The first-order valence-electron chi connectivity index (χ1n) is 10.1. The van der Waals surface area contributed by atoms with Gasteiger partial charge in [-0.15, -0.1) is 0 Å². The van der Waals surface area contributed by atoms with Crippen LogP contribution in [0, 0.1) is 0 Å². The van der Waals surface area contributed by atoms with E-state index in [4.69, 9.17) is 49.4 Å². The van der Waals surface area contributed by atoms with Crippen molar-refractivity contribution in [3.05, 3.63) is 0 Å². The largest absolute Gasteiger partial charge is 0.481 e. The van der Waals surface area contributed by atoms with Crippen LogP contribution in [-0.2, 0) is 49.4 Å². The quantitative estimate of drug-likeness (QED) is 0.404. The molecule has 6 aliphatic heterocycles. The Morgan fingerprint density at radius 1 is 0.469 bits per heavy atom. The van der Waals surface area contributed by atoms with E-state index in [9.17, 15) is 10.2 Å². The normalized spacial score (nSPS) is 60.3.